The number of esters is 4. The van der Waals surface area contributed by atoms with E-state index in [0.29, 0.717) is 49.5 Å². The van der Waals surface area contributed by atoms with Crippen LogP contribution in [-0.2, 0) is 95.1 Å². The number of methoxy groups -OCH3 is 1. The molecule has 10 aliphatic rings. The van der Waals surface area contributed by atoms with Crippen molar-refractivity contribution in [3.63, 3.8) is 0 Å². The van der Waals surface area contributed by atoms with Crippen LogP contribution in [0.3, 0.4) is 0 Å². The maximum absolute atomic E-state index is 15.6. The first-order chi connectivity index (χ1) is 45.3. The van der Waals surface area contributed by atoms with Gasteiger partial charge in [-0.15, -0.1) is 0 Å². The second kappa shape index (κ2) is 29.4. The molecule has 0 aromatic heterocycles. The smallest absolute Gasteiger partial charge is 0.346 e. The third-order valence-corrected chi connectivity index (χ3v) is 21.8. The molecule has 0 aromatic rings. The molecule has 4 aliphatic carbocycles. The van der Waals surface area contributed by atoms with Crippen LogP contribution in [-0.4, -0.2) is 209 Å². The number of carbonyl (C=O) groups excluding carboxylic acids is 6. The summed E-state index contributed by atoms with van der Waals surface area (Å²) in [6.07, 6.45) is -7.08. The molecular weight excluding hydrogens is 1260 g/mol. The number of ether oxygens (including phenoxy) is 14. The number of nitrogens with zero attached hydrogens (tertiary/aromatic N) is 1. The van der Waals surface area contributed by atoms with Gasteiger partial charge in [0.25, 0.3) is 0 Å². The number of allylic oxidation sites excluding steroid dienone is 3. The third-order valence-electron chi connectivity index (χ3n) is 21.8. The quantitative estimate of drug-likeness (QED) is 0.0267. The molecule has 96 heavy (non-hydrogen) atoms. The van der Waals surface area contributed by atoms with Crippen LogP contribution >= 0.6 is 0 Å². The molecule has 29 atom stereocenters. The molecule has 0 unspecified atom stereocenters. The van der Waals surface area contributed by atoms with Crippen molar-refractivity contribution >= 4 is 35.9 Å². The topological polar surface area (TPSA) is 382 Å². The molecule has 1 spiro atoms. The molecule has 1 saturated carbocycles. The Morgan fingerprint density at radius 3 is 2.07 bits per heavy atom. The molecule has 0 aromatic carbocycles. The summed E-state index contributed by atoms with van der Waals surface area (Å²) in [5, 5.41) is 59.4. The molecule has 6 N–H and O–H groups in total. The largest absolute Gasteiger partial charge is 0.511 e. The first-order valence-electron chi connectivity index (χ1n) is 33.6. The highest BCUT2D eigenvalue weighted by molar-refractivity contribution is 6.26. The third kappa shape index (κ3) is 14.5. The SMILES string of the molecule is COC(=O)[C@H]1O[C@@H](O[C@H]2CC=C(C)[C@@H]3C=C[C@@H]4[C@@H](O[C@H]5C[C@@H](O[C@H]6CC[C@@H](O[C@@H]7C[C@@H](O)[C@@H](O[C@H]8CC[C@@H](O)[C@H](C)O8)[C@H](C)O7)[C@H](C)O6)[C@@H](OC(C)=O)[C@H](COC(C)=O)O5)[C@@H](C)C[C@H](C)[C@H]4[C@]3(C)C(O)=C3C(=O)O[C@]4(CC(C=O)=C[C@H](O)[C@H]4C=C2C)C3=O)C[C@](C)([N+](=O)[O-])[C@H]1N. The van der Waals surface area contributed by atoms with E-state index in [9.17, 15) is 54.5 Å². The van der Waals surface area contributed by atoms with E-state index in [4.69, 9.17) is 72.0 Å². The Morgan fingerprint density at radius 1 is 0.750 bits per heavy atom. The first kappa shape index (κ1) is 73.3. The van der Waals surface area contributed by atoms with Gasteiger partial charge in [-0.2, -0.15) is 0 Å². The Labute approximate surface area is 557 Å². The predicted octanol–water partition coefficient (Wildman–Crippen LogP) is 4.66. The van der Waals surface area contributed by atoms with Crippen molar-refractivity contribution in [3.05, 3.63) is 68.5 Å². The van der Waals surface area contributed by atoms with E-state index < -0.39 is 222 Å². The standard InChI is InChI=1S/C68H96N2O26/c1-30-13-17-46(89-54-27-66(10,70(81)82)61(69)60(95-54)65(80)83-12)31(2)22-42-44(75)23-39(28-71)26-68(42)63(78)55(64(79)96-68)62(77)67(11)41(30)15-14-40-56(67)32(3)21-33(4)57(40)94-53-25-48(59(88-38(9)73)49(92-53)29-84-37(8)72)91-50-20-18-47(35(6)86-50)90-52-24-45(76)58(36(7)87-52)93-51-19-16-43(74)34(5)85-51/h13-15,22-23,28,32-36,40-54,56-61,74-77H,16-21,24-27,29,69H2,1-12H3/t32-,33-,34-,35-,36-,40-,41-,42+,43+,44-,45+,46-,47+,48+,49-,50-,51-,52+,53-,54+,56+,57-,58-,59+,60-,61-,66-,67+,68-/m0/s1. The van der Waals surface area contributed by atoms with Gasteiger partial charge in [0.2, 0.25) is 11.3 Å². The number of rotatable bonds is 16. The highest BCUT2D eigenvalue weighted by Gasteiger charge is 2.65. The Morgan fingerprint density at radius 2 is 1.42 bits per heavy atom. The second-order valence-electron chi connectivity index (χ2n) is 28.5. The minimum atomic E-state index is -2.26. The summed E-state index contributed by atoms with van der Waals surface area (Å²) in [4.78, 5) is 93.6. The molecule has 10 rings (SSSR count). The lowest BCUT2D eigenvalue weighted by Gasteiger charge is -2.57. The summed E-state index contributed by atoms with van der Waals surface area (Å²) >= 11 is 0. The number of aliphatic hydroxyl groups is 4. The van der Waals surface area contributed by atoms with E-state index >= 15 is 4.79 Å². The normalized spacial score (nSPS) is 45.1. The zero-order valence-corrected chi connectivity index (χ0v) is 56.5. The van der Waals surface area contributed by atoms with Crippen molar-refractivity contribution in [1.29, 1.82) is 0 Å². The van der Waals surface area contributed by atoms with E-state index in [1.54, 1.807) is 27.7 Å². The van der Waals surface area contributed by atoms with Crippen LogP contribution < -0.4 is 5.73 Å². The summed E-state index contributed by atoms with van der Waals surface area (Å²) in [5.41, 5.74) is 0.892. The average molecular weight is 1360 g/mol. The molecule has 6 aliphatic heterocycles. The molecule has 28 heteroatoms. The second-order valence-corrected chi connectivity index (χ2v) is 28.5. The molecule has 7 fully saturated rings. The lowest BCUT2D eigenvalue weighted by molar-refractivity contribution is -0.583. The van der Waals surface area contributed by atoms with Gasteiger partial charge in [-0.3, -0.25) is 29.3 Å². The maximum Gasteiger partial charge on any atom is 0.346 e. The van der Waals surface area contributed by atoms with Gasteiger partial charge < -0.3 is 92.5 Å². The number of Topliss-reactive ketones (excluding diaryl/α,β-unsaturated/α-hetero) is 1. The number of fused-ring (bicyclic) bond motifs is 4. The van der Waals surface area contributed by atoms with Crippen LogP contribution in [0.5, 0.6) is 0 Å². The number of carbonyl (C=O) groups is 6. The first-order valence-corrected chi connectivity index (χ1v) is 33.6. The molecule has 0 radical (unpaired) electrons. The molecule has 6 saturated heterocycles. The van der Waals surface area contributed by atoms with Gasteiger partial charge in [0.05, 0.1) is 74.4 Å². The fraction of sp³-hybridized carbons (Fsp3) is 0.765. The van der Waals surface area contributed by atoms with E-state index in [0.717, 1.165) is 7.11 Å². The van der Waals surface area contributed by atoms with Crippen molar-refractivity contribution in [2.75, 3.05) is 13.7 Å². The Balaban J connectivity index is 0.936. The van der Waals surface area contributed by atoms with Crippen molar-refractivity contribution < 1.29 is 120 Å². The highest BCUT2D eigenvalue weighted by atomic mass is 16.8. The van der Waals surface area contributed by atoms with Crippen molar-refractivity contribution in [3.8, 4) is 0 Å². The van der Waals surface area contributed by atoms with Gasteiger partial charge in [0, 0.05) is 75.0 Å². The van der Waals surface area contributed by atoms with Gasteiger partial charge in [0.1, 0.15) is 48.6 Å². The fourth-order valence-corrected chi connectivity index (χ4v) is 16.7. The monoisotopic (exact) mass is 1360 g/mol. The van der Waals surface area contributed by atoms with Crippen LogP contribution in [0, 0.1) is 51.0 Å². The number of nitro groups is 1. The lowest BCUT2D eigenvalue weighted by Crippen LogP contribution is -2.66. The van der Waals surface area contributed by atoms with E-state index in [2.05, 4.69) is 0 Å². The zero-order valence-electron chi connectivity index (χ0n) is 56.5. The summed E-state index contributed by atoms with van der Waals surface area (Å²) in [5.74, 6) is -8.86. The van der Waals surface area contributed by atoms with Crippen LogP contribution in [0.25, 0.3) is 0 Å². The van der Waals surface area contributed by atoms with Gasteiger partial charge >= 0.3 is 23.9 Å². The summed E-state index contributed by atoms with van der Waals surface area (Å²) < 4.78 is 87.0. The van der Waals surface area contributed by atoms with E-state index in [1.165, 1.54) is 32.9 Å². The number of hydrogen-bond donors (Lipinski definition) is 5. The number of ketones is 1. The minimum absolute atomic E-state index is 0.0208. The molecule has 28 nitrogen and oxygen atoms in total. The summed E-state index contributed by atoms with van der Waals surface area (Å²) in [7, 11) is 1.09. The number of nitrogens with two attached hydrogens (primary N) is 1. The van der Waals surface area contributed by atoms with Crippen molar-refractivity contribution in [2.24, 2.45) is 46.7 Å². The van der Waals surface area contributed by atoms with Crippen LogP contribution in [0.4, 0.5) is 0 Å². The molecule has 534 valence electrons. The highest BCUT2D eigenvalue weighted by Crippen LogP contribution is 2.61. The Hall–Kier alpha value is -5.44. The van der Waals surface area contributed by atoms with Crippen LogP contribution in [0.15, 0.2) is 58.4 Å². The van der Waals surface area contributed by atoms with Crippen molar-refractivity contribution in [1.82, 2.24) is 0 Å². The van der Waals surface area contributed by atoms with Crippen molar-refractivity contribution in [2.45, 2.75) is 274 Å². The maximum atomic E-state index is 15.6. The number of hydrogen-bond acceptors (Lipinski definition) is 27. The van der Waals surface area contributed by atoms with Gasteiger partial charge in [-0.05, 0) is 95.3 Å². The van der Waals surface area contributed by atoms with Crippen LogP contribution in [0.1, 0.15) is 140 Å². The molecule has 0 amide bonds. The van der Waals surface area contributed by atoms with E-state index in [1.807, 2.05) is 45.9 Å². The molecule has 6 heterocycles. The Kier molecular flexibility index (Phi) is 22.4. The summed E-state index contributed by atoms with van der Waals surface area (Å²) in [6.45, 7) is 18.0. The van der Waals surface area contributed by atoms with Gasteiger partial charge in [0.15, 0.2) is 49.3 Å². The average Bonchev–Trinajstić information content (AvgIpc) is 1.14. The Bertz CT molecular complexity index is 3080. The molecular formula is C68H96N2O26. The van der Waals surface area contributed by atoms with E-state index in [-0.39, 0.29) is 43.3 Å². The summed E-state index contributed by atoms with van der Waals surface area (Å²) in [6, 6.07) is -1.44. The van der Waals surface area contributed by atoms with Gasteiger partial charge in [-0.25, -0.2) is 9.59 Å². The van der Waals surface area contributed by atoms with Crippen LogP contribution in [0.2, 0.25) is 0 Å². The minimum Gasteiger partial charge on any atom is -0.511 e. The fourth-order valence-electron chi connectivity index (χ4n) is 16.7. The molecule has 2 bridgehead atoms. The number of aldehydes is 1. The predicted molar refractivity (Wildman–Crippen MR) is 331 cm³/mol. The van der Waals surface area contributed by atoms with Gasteiger partial charge in [-0.1, -0.05) is 50.6 Å². The zero-order chi connectivity index (χ0) is 69.8. The lowest BCUT2D eigenvalue weighted by atomic mass is 9.49. The number of aliphatic hydroxyl groups excluding tert-OH is 4.